The van der Waals surface area contributed by atoms with Gasteiger partial charge in [0.15, 0.2) is 0 Å². The van der Waals surface area contributed by atoms with E-state index < -0.39 is 0 Å². The van der Waals surface area contributed by atoms with Gasteiger partial charge in [0.2, 0.25) is 0 Å². The van der Waals surface area contributed by atoms with Crippen LogP contribution in [0, 0.1) is 0 Å². The SMILES string of the molecule is CC(C)c1cccc(C2CCCN2)c1O. The van der Waals surface area contributed by atoms with Gasteiger partial charge in [-0.05, 0) is 30.9 Å². The Morgan fingerprint density at radius 1 is 1.40 bits per heavy atom. The third-order valence-corrected chi connectivity index (χ3v) is 3.16. The number of hydrogen-bond acceptors (Lipinski definition) is 2. The molecule has 0 amide bonds. The Bertz CT molecular complexity index is 340. The first-order chi connectivity index (χ1) is 7.20. The van der Waals surface area contributed by atoms with Gasteiger partial charge in [-0.3, -0.25) is 0 Å². The van der Waals surface area contributed by atoms with Crippen LogP contribution >= 0.6 is 0 Å². The van der Waals surface area contributed by atoms with Crippen LogP contribution < -0.4 is 5.32 Å². The maximum Gasteiger partial charge on any atom is 0.123 e. The van der Waals surface area contributed by atoms with Crippen LogP contribution in [-0.2, 0) is 0 Å². The number of para-hydroxylation sites is 1. The van der Waals surface area contributed by atoms with E-state index in [-0.39, 0.29) is 0 Å². The van der Waals surface area contributed by atoms with E-state index >= 15 is 0 Å². The van der Waals surface area contributed by atoms with Crippen molar-refractivity contribution in [2.75, 3.05) is 6.54 Å². The highest BCUT2D eigenvalue weighted by Crippen LogP contribution is 2.35. The van der Waals surface area contributed by atoms with Crippen molar-refractivity contribution in [1.82, 2.24) is 5.32 Å². The van der Waals surface area contributed by atoms with Gasteiger partial charge in [-0.2, -0.15) is 0 Å². The van der Waals surface area contributed by atoms with Crippen molar-refractivity contribution >= 4 is 0 Å². The largest absolute Gasteiger partial charge is 0.507 e. The summed E-state index contributed by atoms with van der Waals surface area (Å²) < 4.78 is 0. The van der Waals surface area contributed by atoms with Crippen LogP contribution in [0.3, 0.4) is 0 Å². The van der Waals surface area contributed by atoms with Crippen LogP contribution in [-0.4, -0.2) is 11.7 Å². The molecule has 1 atom stereocenters. The summed E-state index contributed by atoms with van der Waals surface area (Å²) in [4.78, 5) is 0. The van der Waals surface area contributed by atoms with E-state index in [1.165, 1.54) is 6.42 Å². The number of rotatable bonds is 2. The molecule has 82 valence electrons. The molecule has 1 aliphatic heterocycles. The fraction of sp³-hybridized carbons (Fsp3) is 0.538. The Hall–Kier alpha value is -1.02. The number of hydrogen-bond donors (Lipinski definition) is 2. The summed E-state index contributed by atoms with van der Waals surface area (Å²) in [5.74, 6) is 0.873. The Morgan fingerprint density at radius 2 is 2.20 bits per heavy atom. The van der Waals surface area contributed by atoms with Gasteiger partial charge in [-0.15, -0.1) is 0 Å². The molecule has 2 N–H and O–H groups in total. The highest BCUT2D eigenvalue weighted by Gasteiger charge is 2.20. The van der Waals surface area contributed by atoms with Gasteiger partial charge in [0, 0.05) is 11.6 Å². The Morgan fingerprint density at radius 3 is 2.80 bits per heavy atom. The van der Waals surface area contributed by atoms with E-state index in [2.05, 4.69) is 19.2 Å². The molecule has 1 unspecified atom stereocenters. The lowest BCUT2D eigenvalue weighted by Gasteiger charge is -2.16. The molecule has 2 nitrogen and oxygen atoms in total. The molecule has 1 saturated heterocycles. The maximum atomic E-state index is 10.2. The zero-order valence-electron chi connectivity index (χ0n) is 9.46. The number of nitrogens with one attached hydrogen (secondary N) is 1. The van der Waals surface area contributed by atoms with E-state index in [9.17, 15) is 5.11 Å². The highest BCUT2D eigenvalue weighted by atomic mass is 16.3. The molecule has 0 aliphatic carbocycles. The molecule has 0 bridgehead atoms. The van der Waals surface area contributed by atoms with Crippen LogP contribution in [0.4, 0.5) is 0 Å². The zero-order valence-corrected chi connectivity index (χ0v) is 9.46. The van der Waals surface area contributed by atoms with Crippen molar-refractivity contribution in [3.8, 4) is 5.75 Å². The summed E-state index contributed by atoms with van der Waals surface area (Å²) in [6, 6.07) is 6.44. The van der Waals surface area contributed by atoms with Crippen molar-refractivity contribution in [1.29, 1.82) is 0 Å². The molecular weight excluding hydrogens is 186 g/mol. The molecule has 1 aliphatic rings. The molecule has 1 fully saturated rings. The van der Waals surface area contributed by atoms with E-state index in [1.54, 1.807) is 0 Å². The molecule has 1 aromatic rings. The molecule has 15 heavy (non-hydrogen) atoms. The predicted octanol–water partition coefficient (Wildman–Crippen LogP) is 2.94. The van der Waals surface area contributed by atoms with Crippen LogP contribution in [0.25, 0.3) is 0 Å². The Labute approximate surface area is 91.3 Å². The molecule has 1 heterocycles. The topological polar surface area (TPSA) is 32.3 Å². The maximum absolute atomic E-state index is 10.2. The molecule has 2 heteroatoms. The normalized spacial score (nSPS) is 21.1. The molecule has 0 radical (unpaired) electrons. The fourth-order valence-corrected chi connectivity index (χ4v) is 2.28. The lowest BCUT2D eigenvalue weighted by molar-refractivity contribution is 0.447. The Balaban J connectivity index is 2.34. The van der Waals surface area contributed by atoms with Crippen LogP contribution in [0.15, 0.2) is 18.2 Å². The van der Waals surface area contributed by atoms with Gasteiger partial charge in [-0.1, -0.05) is 32.0 Å². The molecule has 0 saturated carbocycles. The first-order valence-corrected chi connectivity index (χ1v) is 5.75. The number of phenols is 1. The van der Waals surface area contributed by atoms with Gasteiger partial charge < -0.3 is 10.4 Å². The van der Waals surface area contributed by atoms with Crippen LogP contribution in [0.1, 0.15) is 49.8 Å². The summed E-state index contributed by atoms with van der Waals surface area (Å²) >= 11 is 0. The van der Waals surface area contributed by atoms with Gasteiger partial charge in [0.1, 0.15) is 5.75 Å². The third kappa shape index (κ3) is 2.00. The van der Waals surface area contributed by atoms with Crippen LogP contribution in [0.2, 0.25) is 0 Å². The minimum absolute atomic E-state index is 0.351. The van der Waals surface area contributed by atoms with Gasteiger partial charge in [-0.25, -0.2) is 0 Å². The smallest absolute Gasteiger partial charge is 0.123 e. The van der Waals surface area contributed by atoms with Crippen molar-refractivity contribution in [2.24, 2.45) is 0 Å². The van der Waals surface area contributed by atoms with Gasteiger partial charge >= 0.3 is 0 Å². The average molecular weight is 205 g/mol. The summed E-state index contributed by atoms with van der Waals surface area (Å²) in [5.41, 5.74) is 2.12. The summed E-state index contributed by atoms with van der Waals surface area (Å²) in [6.45, 7) is 5.29. The predicted molar refractivity (Wildman–Crippen MR) is 62.2 cm³/mol. The summed E-state index contributed by atoms with van der Waals surface area (Å²) in [7, 11) is 0. The monoisotopic (exact) mass is 205 g/mol. The second kappa shape index (κ2) is 4.23. The van der Waals surface area contributed by atoms with Crippen molar-refractivity contribution in [3.05, 3.63) is 29.3 Å². The fourth-order valence-electron chi connectivity index (χ4n) is 2.28. The van der Waals surface area contributed by atoms with E-state index in [0.717, 1.165) is 24.1 Å². The Kier molecular flexibility index (Phi) is 2.96. The molecule has 1 aromatic carbocycles. The zero-order chi connectivity index (χ0) is 10.8. The number of aromatic hydroxyl groups is 1. The van der Waals surface area contributed by atoms with Crippen molar-refractivity contribution < 1.29 is 5.11 Å². The second-order valence-corrected chi connectivity index (χ2v) is 4.59. The number of phenolic OH excluding ortho intramolecular Hbond substituents is 1. The van der Waals surface area contributed by atoms with Gasteiger partial charge in [0.25, 0.3) is 0 Å². The first kappa shape index (κ1) is 10.5. The lowest BCUT2D eigenvalue weighted by atomic mass is 9.95. The molecular formula is C13H19NO. The van der Waals surface area contributed by atoms with E-state index in [4.69, 9.17) is 0 Å². The molecule has 2 rings (SSSR count). The van der Waals surface area contributed by atoms with Gasteiger partial charge in [0.05, 0.1) is 0 Å². The highest BCUT2D eigenvalue weighted by molar-refractivity contribution is 5.44. The van der Waals surface area contributed by atoms with Crippen LogP contribution in [0.5, 0.6) is 5.75 Å². The minimum atomic E-state index is 0.351. The third-order valence-electron chi connectivity index (χ3n) is 3.16. The quantitative estimate of drug-likeness (QED) is 0.778. The van der Waals surface area contributed by atoms with E-state index in [0.29, 0.717) is 17.7 Å². The summed E-state index contributed by atoms with van der Waals surface area (Å²) in [5, 5.41) is 13.6. The first-order valence-electron chi connectivity index (χ1n) is 5.75. The van der Waals surface area contributed by atoms with E-state index in [1.807, 2.05) is 18.2 Å². The summed E-state index contributed by atoms with van der Waals surface area (Å²) in [6.07, 6.45) is 2.34. The molecule has 0 aromatic heterocycles. The van der Waals surface area contributed by atoms with Crippen molar-refractivity contribution in [2.45, 2.75) is 38.6 Å². The van der Waals surface area contributed by atoms with Crippen molar-refractivity contribution in [3.63, 3.8) is 0 Å². The average Bonchev–Trinajstić information content (AvgIpc) is 2.70. The lowest BCUT2D eigenvalue weighted by Crippen LogP contribution is -2.13. The minimum Gasteiger partial charge on any atom is -0.507 e. The molecule has 0 spiro atoms. The standard InChI is InChI=1S/C13H19NO/c1-9(2)10-5-3-6-11(13(10)15)12-7-4-8-14-12/h3,5-6,9,12,14-15H,4,7-8H2,1-2H3. The second-order valence-electron chi connectivity index (χ2n) is 4.59. The number of benzene rings is 1.